The van der Waals surface area contributed by atoms with E-state index in [0.717, 1.165) is 28.6 Å². The number of hydrogen-bond donors (Lipinski definition) is 1. The van der Waals surface area contributed by atoms with Gasteiger partial charge in [-0.1, -0.05) is 18.2 Å². The summed E-state index contributed by atoms with van der Waals surface area (Å²) in [5, 5.41) is 2.89. The molecule has 2 rings (SSSR count). The van der Waals surface area contributed by atoms with Gasteiger partial charge in [-0.2, -0.15) is 11.8 Å². The molecule has 22 heavy (non-hydrogen) atoms. The van der Waals surface area contributed by atoms with E-state index >= 15 is 0 Å². The predicted molar refractivity (Wildman–Crippen MR) is 89.1 cm³/mol. The van der Waals surface area contributed by atoms with Crippen molar-refractivity contribution in [2.75, 3.05) is 12.3 Å². The molecule has 1 aromatic heterocycles. The highest BCUT2D eigenvalue weighted by atomic mass is 32.2. The molecule has 0 saturated heterocycles. The molecule has 0 aliphatic carbocycles. The number of carbonyl (C=O) groups is 1. The first kappa shape index (κ1) is 16.5. The third-order valence-corrected chi connectivity index (χ3v) is 4.12. The van der Waals surface area contributed by atoms with Gasteiger partial charge in [0.1, 0.15) is 11.5 Å². The standard InChI is InChI=1S/C17H21NO3S/c1-13-6-3-4-8-16(13)21-14(2)17(19)18-9-11-22-12-15-7-5-10-20-15/h3-8,10,14H,9,11-12H2,1-2H3,(H,18,19). The molecule has 0 aliphatic rings. The van der Waals surface area contributed by atoms with Crippen LogP contribution in [0.25, 0.3) is 0 Å². The molecule has 0 spiro atoms. The Morgan fingerprint density at radius 2 is 2.14 bits per heavy atom. The summed E-state index contributed by atoms with van der Waals surface area (Å²) in [6, 6.07) is 11.5. The van der Waals surface area contributed by atoms with Gasteiger partial charge in [0.15, 0.2) is 6.10 Å². The molecule has 0 bridgehead atoms. The summed E-state index contributed by atoms with van der Waals surface area (Å²) >= 11 is 1.72. The fraction of sp³-hybridized carbons (Fsp3) is 0.353. The van der Waals surface area contributed by atoms with Crippen molar-refractivity contribution in [1.29, 1.82) is 0 Å². The number of furan rings is 1. The molecule has 1 unspecified atom stereocenters. The highest BCUT2D eigenvalue weighted by Crippen LogP contribution is 2.17. The Morgan fingerprint density at radius 3 is 2.86 bits per heavy atom. The summed E-state index contributed by atoms with van der Waals surface area (Å²) in [5.41, 5.74) is 1.02. The predicted octanol–water partition coefficient (Wildman–Crippen LogP) is 3.40. The van der Waals surface area contributed by atoms with Crippen LogP contribution in [0.2, 0.25) is 0 Å². The first-order valence-corrected chi connectivity index (χ1v) is 8.42. The van der Waals surface area contributed by atoms with Crippen LogP contribution >= 0.6 is 11.8 Å². The second-order valence-electron chi connectivity index (χ2n) is 4.95. The number of aryl methyl sites for hydroxylation is 1. The van der Waals surface area contributed by atoms with Gasteiger partial charge < -0.3 is 14.5 Å². The number of hydrogen-bond acceptors (Lipinski definition) is 4. The summed E-state index contributed by atoms with van der Waals surface area (Å²) in [6.45, 7) is 4.34. The van der Waals surface area contributed by atoms with E-state index in [1.54, 1.807) is 24.9 Å². The summed E-state index contributed by atoms with van der Waals surface area (Å²) in [4.78, 5) is 12.0. The minimum Gasteiger partial charge on any atom is -0.481 e. The van der Waals surface area contributed by atoms with Crippen molar-refractivity contribution in [1.82, 2.24) is 5.32 Å². The van der Waals surface area contributed by atoms with E-state index in [1.165, 1.54) is 0 Å². The van der Waals surface area contributed by atoms with E-state index in [4.69, 9.17) is 9.15 Å². The number of carbonyl (C=O) groups excluding carboxylic acids is 1. The lowest BCUT2D eigenvalue weighted by molar-refractivity contribution is -0.127. The minimum absolute atomic E-state index is 0.0955. The van der Waals surface area contributed by atoms with E-state index in [-0.39, 0.29) is 5.91 Å². The van der Waals surface area contributed by atoms with Gasteiger partial charge in [-0.15, -0.1) is 0 Å². The zero-order valence-corrected chi connectivity index (χ0v) is 13.7. The number of nitrogens with one attached hydrogen (secondary N) is 1. The lowest BCUT2D eigenvalue weighted by Gasteiger charge is -2.16. The lowest BCUT2D eigenvalue weighted by Crippen LogP contribution is -2.37. The highest BCUT2D eigenvalue weighted by Gasteiger charge is 2.14. The van der Waals surface area contributed by atoms with Crippen LogP contribution in [0.3, 0.4) is 0 Å². The van der Waals surface area contributed by atoms with Gasteiger partial charge in [0.05, 0.1) is 12.0 Å². The van der Waals surface area contributed by atoms with Crippen LogP contribution in [0.1, 0.15) is 18.2 Å². The molecule has 1 aromatic carbocycles. The minimum atomic E-state index is -0.504. The molecule has 1 atom stereocenters. The Balaban J connectivity index is 1.65. The molecule has 0 fully saturated rings. The molecule has 0 saturated carbocycles. The molecule has 4 nitrogen and oxygen atoms in total. The van der Waals surface area contributed by atoms with E-state index < -0.39 is 6.10 Å². The van der Waals surface area contributed by atoms with Crippen LogP contribution in [-0.4, -0.2) is 24.3 Å². The van der Waals surface area contributed by atoms with Crippen molar-refractivity contribution in [3.8, 4) is 5.75 Å². The summed E-state index contributed by atoms with van der Waals surface area (Å²) in [6.07, 6.45) is 1.17. The largest absolute Gasteiger partial charge is 0.481 e. The molecule has 5 heteroatoms. The molecule has 1 amide bonds. The van der Waals surface area contributed by atoms with Gasteiger partial charge in [-0.25, -0.2) is 0 Å². The lowest BCUT2D eigenvalue weighted by atomic mass is 10.2. The van der Waals surface area contributed by atoms with Gasteiger partial charge >= 0.3 is 0 Å². The van der Waals surface area contributed by atoms with Crippen molar-refractivity contribution >= 4 is 17.7 Å². The van der Waals surface area contributed by atoms with Gasteiger partial charge in [0, 0.05) is 12.3 Å². The van der Waals surface area contributed by atoms with Crippen molar-refractivity contribution in [2.24, 2.45) is 0 Å². The zero-order valence-electron chi connectivity index (χ0n) is 12.9. The summed E-state index contributed by atoms with van der Waals surface area (Å²) < 4.78 is 10.9. The summed E-state index contributed by atoms with van der Waals surface area (Å²) in [7, 11) is 0. The smallest absolute Gasteiger partial charge is 0.260 e. The third kappa shape index (κ3) is 5.15. The van der Waals surface area contributed by atoms with Crippen molar-refractivity contribution < 1.29 is 13.9 Å². The molecule has 1 N–H and O–H groups in total. The third-order valence-electron chi connectivity index (χ3n) is 3.14. The van der Waals surface area contributed by atoms with Gasteiger partial charge in [0.2, 0.25) is 0 Å². The van der Waals surface area contributed by atoms with Gasteiger partial charge in [-0.3, -0.25) is 4.79 Å². The maximum Gasteiger partial charge on any atom is 0.260 e. The van der Waals surface area contributed by atoms with Crippen LogP contribution in [0, 0.1) is 6.92 Å². The second kappa shape index (κ2) is 8.54. The number of rotatable bonds is 8. The topological polar surface area (TPSA) is 51.5 Å². The van der Waals surface area contributed by atoms with Gasteiger partial charge in [-0.05, 0) is 37.6 Å². The molecule has 1 heterocycles. The fourth-order valence-corrected chi connectivity index (χ4v) is 2.65. The van der Waals surface area contributed by atoms with Gasteiger partial charge in [0.25, 0.3) is 5.91 Å². The molecule has 118 valence electrons. The molecule has 0 aliphatic heterocycles. The number of amides is 1. The first-order chi connectivity index (χ1) is 10.7. The number of benzene rings is 1. The van der Waals surface area contributed by atoms with Crippen LogP contribution in [0.4, 0.5) is 0 Å². The Hall–Kier alpha value is -1.88. The van der Waals surface area contributed by atoms with Crippen molar-refractivity contribution in [2.45, 2.75) is 25.7 Å². The van der Waals surface area contributed by atoms with Crippen LogP contribution < -0.4 is 10.1 Å². The monoisotopic (exact) mass is 319 g/mol. The summed E-state index contributed by atoms with van der Waals surface area (Å²) in [5.74, 6) is 3.26. The van der Waals surface area contributed by atoms with E-state index in [1.807, 2.05) is 43.3 Å². The molecular formula is C17H21NO3S. The Kier molecular flexibility index (Phi) is 6.40. The van der Waals surface area contributed by atoms with E-state index in [9.17, 15) is 4.79 Å². The quantitative estimate of drug-likeness (QED) is 0.758. The average molecular weight is 319 g/mol. The number of para-hydroxylation sites is 1. The fourth-order valence-electron chi connectivity index (χ4n) is 1.89. The number of ether oxygens (including phenoxy) is 1. The molecular weight excluding hydrogens is 298 g/mol. The Labute approximate surface area is 135 Å². The highest BCUT2D eigenvalue weighted by molar-refractivity contribution is 7.98. The number of thioether (sulfide) groups is 1. The second-order valence-corrected chi connectivity index (χ2v) is 6.05. The molecule has 2 aromatic rings. The van der Waals surface area contributed by atoms with Crippen LogP contribution in [-0.2, 0) is 10.5 Å². The average Bonchev–Trinajstić information content (AvgIpc) is 3.02. The van der Waals surface area contributed by atoms with Crippen molar-refractivity contribution in [3.05, 3.63) is 54.0 Å². The zero-order chi connectivity index (χ0) is 15.8. The van der Waals surface area contributed by atoms with E-state index in [2.05, 4.69) is 5.32 Å². The Morgan fingerprint density at radius 1 is 1.32 bits per heavy atom. The van der Waals surface area contributed by atoms with E-state index in [0.29, 0.717) is 6.54 Å². The maximum absolute atomic E-state index is 12.0. The maximum atomic E-state index is 12.0. The SMILES string of the molecule is Cc1ccccc1OC(C)C(=O)NCCSCc1ccco1. The van der Waals surface area contributed by atoms with Crippen molar-refractivity contribution in [3.63, 3.8) is 0 Å². The van der Waals surface area contributed by atoms with Crippen LogP contribution in [0.5, 0.6) is 5.75 Å². The van der Waals surface area contributed by atoms with Crippen LogP contribution in [0.15, 0.2) is 47.1 Å². The first-order valence-electron chi connectivity index (χ1n) is 7.27. The Bertz CT molecular complexity index is 583. The normalized spacial score (nSPS) is 11.9. The molecule has 0 radical (unpaired) electrons.